The van der Waals surface area contributed by atoms with Crippen LogP contribution in [0.4, 0.5) is 16.8 Å². The van der Waals surface area contributed by atoms with Crippen LogP contribution in [-0.4, -0.2) is 68.7 Å². The molecule has 0 spiro atoms. The molecular weight excluding hydrogens is 504 g/mol. The maximum atomic E-state index is 10.4. The maximum Gasteiger partial charge on any atom is 0.507 e. The standard InChI is InChI=1S/C7H14N2.4FH2O3P/c1-4-9-6-5-8(3)7(9)2;4*1-5(2,3)4/h5-7H,4H2,1-3H3;4*(H2,2,3,4). The van der Waals surface area contributed by atoms with Gasteiger partial charge in [-0.1, -0.05) is 0 Å². The fourth-order valence-corrected chi connectivity index (χ4v) is 1.04. The molecule has 0 aromatic heterocycles. The quantitative estimate of drug-likeness (QED) is 0.177. The molecule has 1 rings (SSSR count). The first kappa shape index (κ1) is 36.1. The molecule has 0 aliphatic carbocycles. The van der Waals surface area contributed by atoms with Gasteiger partial charge in [-0.3, -0.25) is 39.1 Å². The molecule has 22 heteroatoms. The van der Waals surface area contributed by atoms with E-state index < -0.39 is 31.6 Å². The molecule has 1 aliphatic heterocycles. The molecular formula is C7H22F4N2O12P4. The van der Waals surface area contributed by atoms with Crippen LogP contribution in [0.15, 0.2) is 12.4 Å². The van der Waals surface area contributed by atoms with Gasteiger partial charge >= 0.3 is 31.6 Å². The summed E-state index contributed by atoms with van der Waals surface area (Å²) in [6.45, 7) is 5.46. The first-order chi connectivity index (χ1) is 12.3. The third-order valence-corrected chi connectivity index (χ3v) is 1.93. The van der Waals surface area contributed by atoms with Crippen molar-refractivity contribution >= 4 is 31.6 Å². The third-order valence-electron chi connectivity index (χ3n) is 1.93. The van der Waals surface area contributed by atoms with Gasteiger partial charge in [-0.25, -0.2) is 18.3 Å². The zero-order valence-corrected chi connectivity index (χ0v) is 18.4. The summed E-state index contributed by atoms with van der Waals surface area (Å²) in [6, 6.07) is 0. The van der Waals surface area contributed by atoms with Crippen molar-refractivity contribution in [3.8, 4) is 0 Å². The Bertz CT molecular complexity index is 531. The van der Waals surface area contributed by atoms with Gasteiger partial charge in [-0.05, 0) is 13.8 Å². The first-order valence-corrected chi connectivity index (χ1v) is 12.4. The van der Waals surface area contributed by atoms with E-state index in [4.69, 9.17) is 57.4 Å². The average Bonchev–Trinajstić information content (AvgIpc) is 2.60. The lowest BCUT2D eigenvalue weighted by Gasteiger charge is -2.25. The smallest absolute Gasteiger partial charge is 0.359 e. The number of hydrogen-bond acceptors (Lipinski definition) is 6. The minimum absolute atomic E-state index is 0.551. The molecule has 1 unspecified atom stereocenters. The van der Waals surface area contributed by atoms with Crippen LogP contribution in [0.5, 0.6) is 0 Å². The Kier molecular flexibility index (Phi) is 19.2. The fourth-order valence-electron chi connectivity index (χ4n) is 1.04. The van der Waals surface area contributed by atoms with E-state index in [1.165, 1.54) is 0 Å². The van der Waals surface area contributed by atoms with Crippen LogP contribution >= 0.6 is 31.6 Å². The number of halogens is 4. The van der Waals surface area contributed by atoms with Crippen molar-refractivity contribution in [1.82, 2.24) is 9.80 Å². The molecule has 0 fully saturated rings. The second-order valence-electron chi connectivity index (χ2n) is 4.32. The minimum Gasteiger partial charge on any atom is -0.359 e. The van der Waals surface area contributed by atoms with Crippen molar-refractivity contribution in [3.05, 3.63) is 12.4 Å². The van der Waals surface area contributed by atoms with Crippen LogP contribution in [0.2, 0.25) is 0 Å². The molecule has 180 valence electrons. The Morgan fingerprint density at radius 2 is 0.931 bits per heavy atom. The summed E-state index contributed by atoms with van der Waals surface area (Å²) in [7, 11) is -18.5. The lowest BCUT2D eigenvalue weighted by molar-refractivity contribution is 0.203. The summed E-state index contributed by atoms with van der Waals surface area (Å²) in [5.74, 6) is 0. The van der Waals surface area contributed by atoms with E-state index in [-0.39, 0.29) is 0 Å². The molecule has 14 nitrogen and oxygen atoms in total. The van der Waals surface area contributed by atoms with Crippen LogP contribution in [0, 0.1) is 0 Å². The molecule has 0 aromatic rings. The van der Waals surface area contributed by atoms with Crippen molar-refractivity contribution in [2.45, 2.75) is 20.0 Å². The van der Waals surface area contributed by atoms with Gasteiger partial charge in [0.1, 0.15) is 0 Å². The first-order valence-electron chi connectivity index (χ1n) is 6.42. The molecule has 0 amide bonds. The van der Waals surface area contributed by atoms with E-state index in [9.17, 15) is 16.8 Å². The van der Waals surface area contributed by atoms with Gasteiger partial charge in [0, 0.05) is 26.0 Å². The Hall–Kier alpha value is -0.340. The van der Waals surface area contributed by atoms with Gasteiger partial charge in [-0.15, -0.1) is 16.8 Å². The summed E-state index contributed by atoms with van der Waals surface area (Å²) >= 11 is 0. The maximum absolute atomic E-state index is 10.4. The Morgan fingerprint density at radius 1 is 0.724 bits per heavy atom. The molecule has 29 heavy (non-hydrogen) atoms. The van der Waals surface area contributed by atoms with Gasteiger partial charge in [0.25, 0.3) is 0 Å². The largest absolute Gasteiger partial charge is 0.507 e. The molecule has 0 bridgehead atoms. The van der Waals surface area contributed by atoms with Gasteiger partial charge in [0.05, 0.1) is 6.17 Å². The molecule has 0 radical (unpaired) electrons. The van der Waals surface area contributed by atoms with Crippen molar-refractivity contribution in [2.24, 2.45) is 0 Å². The summed E-state index contributed by atoms with van der Waals surface area (Å²) < 4.78 is 76.1. The topological polar surface area (TPSA) is 237 Å². The van der Waals surface area contributed by atoms with Gasteiger partial charge in [0.15, 0.2) is 0 Å². The average molecular weight is 526 g/mol. The molecule has 0 saturated heterocycles. The van der Waals surface area contributed by atoms with E-state index >= 15 is 0 Å². The predicted molar refractivity (Wildman–Crippen MR) is 91.4 cm³/mol. The predicted octanol–water partition coefficient (Wildman–Crippen LogP) is 1.27. The Balaban J connectivity index is -0.000000140. The molecule has 8 N–H and O–H groups in total. The molecule has 0 aromatic carbocycles. The zero-order valence-electron chi connectivity index (χ0n) is 14.8. The van der Waals surface area contributed by atoms with Crippen LogP contribution in [0.25, 0.3) is 0 Å². The van der Waals surface area contributed by atoms with E-state index in [0.29, 0.717) is 6.17 Å². The second-order valence-corrected chi connectivity index (χ2v) is 8.10. The summed E-state index contributed by atoms with van der Waals surface area (Å²) in [5, 5.41) is 0. The van der Waals surface area contributed by atoms with Gasteiger partial charge in [0.2, 0.25) is 0 Å². The zero-order chi connectivity index (χ0) is 24.9. The molecule has 1 heterocycles. The number of nitrogens with zero attached hydrogens (tertiary/aromatic N) is 2. The minimum atomic E-state index is -5.14. The second kappa shape index (κ2) is 15.5. The molecule has 0 saturated carbocycles. The van der Waals surface area contributed by atoms with E-state index in [1.54, 1.807) is 0 Å². The third kappa shape index (κ3) is 84.7. The highest BCUT2D eigenvalue weighted by Gasteiger charge is 2.15. The lowest BCUT2D eigenvalue weighted by atomic mass is 10.5. The van der Waals surface area contributed by atoms with E-state index in [2.05, 4.69) is 43.1 Å². The van der Waals surface area contributed by atoms with Gasteiger partial charge in [-0.2, -0.15) is 0 Å². The van der Waals surface area contributed by atoms with E-state index in [1.807, 2.05) is 0 Å². The highest BCUT2D eigenvalue weighted by Crippen LogP contribution is 2.36. The lowest BCUT2D eigenvalue weighted by Crippen LogP contribution is -2.33. The number of hydrogen-bond donors (Lipinski definition) is 8. The van der Waals surface area contributed by atoms with Crippen LogP contribution in [-0.2, 0) is 18.3 Å². The SMILES string of the molecule is CCN1C=CN(C)C1C.O=P(O)(O)F.O=P(O)(O)F.O=P(O)(O)F.O=P(O)(O)F. The van der Waals surface area contributed by atoms with E-state index in [0.717, 1.165) is 6.54 Å². The monoisotopic (exact) mass is 526 g/mol. The summed E-state index contributed by atoms with van der Waals surface area (Å²) in [5.41, 5.74) is 0. The van der Waals surface area contributed by atoms with Crippen LogP contribution in [0.3, 0.4) is 0 Å². The Labute approximate surface area is 162 Å². The van der Waals surface area contributed by atoms with Crippen molar-refractivity contribution in [2.75, 3.05) is 13.6 Å². The number of rotatable bonds is 1. The summed E-state index contributed by atoms with van der Waals surface area (Å²) in [6.07, 6.45) is 4.79. The van der Waals surface area contributed by atoms with Crippen LogP contribution < -0.4 is 0 Å². The van der Waals surface area contributed by atoms with Crippen LogP contribution in [0.1, 0.15) is 13.8 Å². The van der Waals surface area contributed by atoms with Gasteiger partial charge < -0.3 is 9.80 Å². The molecule has 1 atom stereocenters. The Morgan fingerprint density at radius 3 is 1.00 bits per heavy atom. The highest BCUT2D eigenvalue weighted by atomic mass is 31.2. The fraction of sp³-hybridized carbons (Fsp3) is 0.714. The van der Waals surface area contributed by atoms with Crippen molar-refractivity contribution in [3.63, 3.8) is 0 Å². The normalized spacial score (nSPS) is 16.2. The van der Waals surface area contributed by atoms with Crippen molar-refractivity contribution < 1.29 is 74.2 Å². The van der Waals surface area contributed by atoms with Crippen molar-refractivity contribution in [1.29, 1.82) is 0 Å². The molecule has 1 aliphatic rings. The highest BCUT2D eigenvalue weighted by molar-refractivity contribution is 7.46. The summed E-state index contributed by atoms with van der Waals surface area (Å²) in [4.78, 5) is 60.2.